The number of nitrogens with zero attached hydrogens (tertiary/aromatic N) is 1. The van der Waals surface area contributed by atoms with Gasteiger partial charge in [-0.1, -0.05) is 31.2 Å². The van der Waals surface area contributed by atoms with E-state index in [0.717, 1.165) is 38.7 Å². The summed E-state index contributed by atoms with van der Waals surface area (Å²) in [7, 11) is 4.20. The van der Waals surface area contributed by atoms with Crippen LogP contribution >= 0.6 is 0 Å². The van der Waals surface area contributed by atoms with Gasteiger partial charge in [-0.25, -0.2) is 0 Å². The number of hydrogen-bond acceptors (Lipinski definition) is 3. The zero-order chi connectivity index (χ0) is 23.0. The van der Waals surface area contributed by atoms with Gasteiger partial charge in [0, 0.05) is 37.5 Å². The normalized spacial score (nSPS) is 37.7. The van der Waals surface area contributed by atoms with Crippen molar-refractivity contribution in [2.45, 2.75) is 69.8 Å². The zero-order valence-electron chi connectivity index (χ0n) is 20.5. The first-order valence-electron chi connectivity index (χ1n) is 12.9. The van der Waals surface area contributed by atoms with Gasteiger partial charge in [-0.15, -0.1) is 0 Å². The third-order valence-electron chi connectivity index (χ3n) is 9.99. The Morgan fingerprint density at radius 3 is 2.55 bits per heavy atom. The average molecular weight is 444 g/mol. The first-order chi connectivity index (χ1) is 15.8. The lowest BCUT2D eigenvalue weighted by Crippen LogP contribution is -2.52. The van der Waals surface area contributed by atoms with E-state index in [1.807, 2.05) is 6.08 Å². The standard InChI is InChI=1S/C30H37NO2/c1-19-14-16-33-30(19)15-13-27-25-11-7-21-17-23(32)10-12-24(21)28(25)26(18-29(27,30)2)20-5-8-22(9-6-20)31(3)4/h5-6,8-9,17,25-27H,1,7,10-16,18H2,2-4H3/t25-,26?,27-,29-,30+/m0/s1. The van der Waals surface area contributed by atoms with E-state index in [0.29, 0.717) is 30.0 Å². The van der Waals surface area contributed by atoms with Crippen molar-refractivity contribution in [1.82, 2.24) is 0 Å². The fourth-order valence-electron chi connectivity index (χ4n) is 8.42. The highest BCUT2D eigenvalue weighted by Gasteiger charge is 2.65. The first-order valence-corrected chi connectivity index (χ1v) is 12.9. The summed E-state index contributed by atoms with van der Waals surface area (Å²) in [6, 6.07) is 9.24. The number of ether oxygens (including phenoxy) is 1. The third-order valence-corrected chi connectivity index (χ3v) is 9.99. The van der Waals surface area contributed by atoms with Gasteiger partial charge < -0.3 is 9.64 Å². The molecule has 0 amide bonds. The van der Waals surface area contributed by atoms with Gasteiger partial charge in [0.25, 0.3) is 0 Å². The maximum atomic E-state index is 12.2. The molecule has 1 aromatic rings. The van der Waals surface area contributed by atoms with E-state index in [1.165, 1.54) is 40.8 Å². The van der Waals surface area contributed by atoms with Crippen LogP contribution in [0.15, 0.2) is 59.2 Å². The molecule has 1 spiro atoms. The van der Waals surface area contributed by atoms with E-state index >= 15 is 0 Å². The number of fused-ring (bicyclic) bond motifs is 5. The molecule has 0 bridgehead atoms. The van der Waals surface area contributed by atoms with Crippen LogP contribution in [-0.4, -0.2) is 32.1 Å². The molecular formula is C30H37NO2. The van der Waals surface area contributed by atoms with Gasteiger partial charge in [-0.3, -0.25) is 4.79 Å². The SMILES string of the molecule is C=C1CCO[C@]12CC[C@H]1[C@@H]3CCC4=CC(=O)CCC4=C3C(c3ccc(N(C)C)cc3)C[C@@]12C. The molecule has 1 aliphatic heterocycles. The van der Waals surface area contributed by atoms with Crippen molar-refractivity contribution >= 4 is 11.5 Å². The lowest BCUT2D eigenvalue weighted by Gasteiger charge is -2.55. The molecule has 33 heavy (non-hydrogen) atoms. The molecule has 1 saturated heterocycles. The molecule has 5 aliphatic rings. The topological polar surface area (TPSA) is 29.5 Å². The molecule has 3 heteroatoms. The van der Waals surface area contributed by atoms with Crippen LogP contribution in [0.2, 0.25) is 0 Å². The molecule has 0 radical (unpaired) electrons. The van der Waals surface area contributed by atoms with E-state index in [9.17, 15) is 4.79 Å². The maximum absolute atomic E-state index is 12.2. The second-order valence-electron chi connectivity index (χ2n) is 11.5. The number of rotatable bonds is 2. The zero-order valence-corrected chi connectivity index (χ0v) is 20.5. The molecule has 4 aliphatic carbocycles. The van der Waals surface area contributed by atoms with Crippen LogP contribution in [0.4, 0.5) is 5.69 Å². The monoisotopic (exact) mass is 443 g/mol. The Morgan fingerprint density at radius 1 is 1.06 bits per heavy atom. The van der Waals surface area contributed by atoms with Gasteiger partial charge in [-0.05, 0) is 97.3 Å². The summed E-state index contributed by atoms with van der Waals surface area (Å²) in [5.74, 6) is 1.95. The van der Waals surface area contributed by atoms with Crippen molar-refractivity contribution in [2.24, 2.45) is 17.3 Å². The minimum atomic E-state index is -0.145. The summed E-state index contributed by atoms with van der Waals surface area (Å²) in [6.45, 7) is 7.90. The van der Waals surface area contributed by atoms with Crippen LogP contribution in [0.1, 0.15) is 69.8 Å². The van der Waals surface area contributed by atoms with E-state index in [4.69, 9.17) is 4.74 Å². The molecular weight excluding hydrogens is 406 g/mol. The summed E-state index contributed by atoms with van der Waals surface area (Å²) >= 11 is 0. The highest BCUT2D eigenvalue weighted by atomic mass is 16.5. The first kappa shape index (κ1) is 21.4. The van der Waals surface area contributed by atoms with Crippen molar-refractivity contribution in [3.05, 3.63) is 64.8 Å². The summed E-state index contributed by atoms with van der Waals surface area (Å²) in [5.41, 5.74) is 8.51. The number of hydrogen-bond donors (Lipinski definition) is 0. The molecule has 6 rings (SSSR count). The molecule has 5 atom stereocenters. The molecule has 1 unspecified atom stereocenters. The van der Waals surface area contributed by atoms with Crippen LogP contribution in [0.25, 0.3) is 0 Å². The van der Waals surface area contributed by atoms with E-state index in [1.54, 1.807) is 5.57 Å². The van der Waals surface area contributed by atoms with Crippen molar-refractivity contribution in [2.75, 3.05) is 25.6 Å². The van der Waals surface area contributed by atoms with E-state index in [-0.39, 0.29) is 11.0 Å². The van der Waals surface area contributed by atoms with Gasteiger partial charge in [-0.2, -0.15) is 0 Å². The van der Waals surface area contributed by atoms with Crippen LogP contribution < -0.4 is 4.90 Å². The fourth-order valence-corrected chi connectivity index (χ4v) is 8.42. The van der Waals surface area contributed by atoms with Crippen LogP contribution in [0, 0.1) is 17.3 Å². The summed E-state index contributed by atoms with van der Waals surface area (Å²) in [6.07, 6.45) is 10.3. The van der Waals surface area contributed by atoms with Crippen molar-refractivity contribution in [1.29, 1.82) is 0 Å². The Balaban J connectivity index is 1.51. The predicted molar refractivity (Wildman–Crippen MR) is 133 cm³/mol. The molecule has 174 valence electrons. The smallest absolute Gasteiger partial charge is 0.156 e. The molecule has 1 aromatic carbocycles. The predicted octanol–water partition coefficient (Wildman–Crippen LogP) is 6.37. The summed E-state index contributed by atoms with van der Waals surface area (Å²) < 4.78 is 6.64. The minimum absolute atomic E-state index is 0.117. The third kappa shape index (κ3) is 2.94. The minimum Gasteiger partial charge on any atom is -0.378 e. The largest absolute Gasteiger partial charge is 0.378 e. The number of anilines is 1. The van der Waals surface area contributed by atoms with Crippen LogP contribution in [0.3, 0.4) is 0 Å². The number of allylic oxidation sites excluding steroid dienone is 4. The number of ketones is 1. The molecule has 2 saturated carbocycles. The summed E-state index contributed by atoms with van der Waals surface area (Å²) in [5, 5.41) is 0. The van der Waals surface area contributed by atoms with Gasteiger partial charge in [0.05, 0.1) is 12.2 Å². The van der Waals surface area contributed by atoms with Gasteiger partial charge >= 0.3 is 0 Å². The van der Waals surface area contributed by atoms with E-state index < -0.39 is 0 Å². The van der Waals surface area contributed by atoms with Gasteiger partial charge in [0.15, 0.2) is 5.78 Å². The van der Waals surface area contributed by atoms with Crippen LogP contribution in [-0.2, 0) is 9.53 Å². The molecule has 3 nitrogen and oxygen atoms in total. The van der Waals surface area contributed by atoms with E-state index in [2.05, 4.69) is 56.8 Å². The lowest BCUT2D eigenvalue weighted by molar-refractivity contribution is -0.114. The Labute approximate surface area is 198 Å². The summed E-state index contributed by atoms with van der Waals surface area (Å²) in [4.78, 5) is 14.4. The maximum Gasteiger partial charge on any atom is 0.156 e. The van der Waals surface area contributed by atoms with Crippen molar-refractivity contribution in [3.8, 4) is 0 Å². The molecule has 1 heterocycles. The molecule has 3 fully saturated rings. The second kappa shape index (κ2) is 7.43. The van der Waals surface area contributed by atoms with Crippen LogP contribution in [0.5, 0.6) is 0 Å². The Kier molecular flexibility index (Phi) is 4.82. The molecule has 0 N–H and O–H groups in total. The van der Waals surface area contributed by atoms with Crippen molar-refractivity contribution in [3.63, 3.8) is 0 Å². The average Bonchev–Trinajstić information content (AvgIpc) is 3.33. The van der Waals surface area contributed by atoms with Gasteiger partial charge in [0.1, 0.15) is 0 Å². The Bertz CT molecular complexity index is 1080. The molecule has 0 aromatic heterocycles. The number of carbonyl (C=O) groups excluding carboxylic acids is 1. The second-order valence-corrected chi connectivity index (χ2v) is 11.5. The fraction of sp³-hybridized carbons (Fsp3) is 0.567. The highest BCUT2D eigenvalue weighted by molar-refractivity contribution is 5.93. The van der Waals surface area contributed by atoms with Crippen molar-refractivity contribution < 1.29 is 9.53 Å². The quantitative estimate of drug-likeness (QED) is 0.498. The highest BCUT2D eigenvalue weighted by Crippen LogP contribution is 2.70. The van der Waals surface area contributed by atoms with Gasteiger partial charge in [0.2, 0.25) is 0 Å². The Hall–Kier alpha value is -2.13. The lowest BCUT2D eigenvalue weighted by atomic mass is 9.50. The Morgan fingerprint density at radius 2 is 1.85 bits per heavy atom. The number of benzene rings is 1. The number of carbonyl (C=O) groups is 1.